The van der Waals surface area contributed by atoms with Crippen molar-refractivity contribution in [2.75, 3.05) is 6.61 Å². The summed E-state index contributed by atoms with van der Waals surface area (Å²) < 4.78 is 6.34. The van der Waals surface area contributed by atoms with Gasteiger partial charge in [0.05, 0.1) is 12.0 Å². The van der Waals surface area contributed by atoms with Gasteiger partial charge >= 0.3 is 5.97 Å². The van der Waals surface area contributed by atoms with E-state index in [0.29, 0.717) is 13.0 Å². The molecule has 0 bridgehead atoms. The molecule has 1 aromatic rings. The minimum atomic E-state index is -0.478. The number of carbonyl (C=O) groups is 1. The van der Waals surface area contributed by atoms with Gasteiger partial charge in [0.25, 0.3) is 0 Å². The Kier molecular flexibility index (Phi) is 5.86. The van der Waals surface area contributed by atoms with Gasteiger partial charge in [-0.25, -0.2) is 0 Å². The highest BCUT2D eigenvalue weighted by molar-refractivity contribution is 9.10. The molecule has 1 rings (SSSR count). The van der Waals surface area contributed by atoms with Crippen LogP contribution >= 0.6 is 15.9 Å². The summed E-state index contributed by atoms with van der Waals surface area (Å²) >= 11 is 3.44. The van der Waals surface area contributed by atoms with Crippen molar-refractivity contribution in [3.8, 4) is 0 Å². The van der Waals surface area contributed by atoms with E-state index in [0.717, 1.165) is 22.9 Å². The molecule has 0 saturated carbocycles. The third-order valence-corrected chi connectivity index (χ3v) is 3.31. The molecule has 0 aliphatic heterocycles. The Morgan fingerprint density at radius 2 is 2.11 bits per heavy atom. The van der Waals surface area contributed by atoms with Gasteiger partial charge in [-0.15, -0.1) is 0 Å². The van der Waals surface area contributed by atoms with E-state index in [1.54, 1.807) is 0 Å². The predicted molar refractivity (Wildman–Crippen MR) is 77.5 cm³/mol. The SMILES string of the molecule is CCCCOC(=O)C(C)(C)Cc1cccc(Br)c1. The van der Waals surface area contributed by atoms with E-state index in [4.69, 9.17) is 4.74 Å². The van der Waals surface area contributed by atoms with Gasteiger partial charge in [0.1, 0.15) is 0 Å². The Morgan fingerprint density at radius 3 is 2.72 bits per heavy atom. The molecule has 1 aromatic carbocycles. The highest BCUT2D eigenvalue weighted by atomic mass is 79.9. The van der Waals surface area contributed by atoms with E-state index in [1.165, 1.54) is 0 Å². The fourth-order valence-electron chi connectivity index (χ4n) is 1.73. The fourth-order valence-corrected chi connectivity index (χ4v) is 2.18. The van der Waals surface area contributed by atoms with Gasteiger partial charge in [-0.1, -0.05) is 41.4 Å². The van der Waals surface area contributed by atoms with Crippen molar-refractivity contribution in [3.05, 3.63) is 34.3 Å². The van der Waals surface area contributed by atoms with E-state index < -0.39 is 5.41 Å². The average molecular weight is 313 g/mol. The summed E-state index contributed by atoms with van der Waals surface area (Å²) in [5.74, 6) is -0.115. The zero-order valence-electron chi connectivity index (χ0n) is 11.3. The summed E-state index contributed by atoms with van der Waals surface area (Å²) in [4.78, 5) is 12.0. The lowest BCUT2D eigenvalue weighted by molar-refractivity contribution is -0.154. The molecule has 0 unspecified atom stereocenters. The smallest absolute Gasteiger partial charge is 0.311 e. The first-order valence-electron chi connectivity index (χ1n) is 6.37. The molecule has 3 heteroatoms. The predicted octanol–water partition coefficient (Wildman–Crippen LogP) is 4.36. The van der Waals surface area contributed by atoms with Gasteiger partial charge in [0.15, 0.2) is 0 Å². The molecule has 2 nitrogen and oxygen atoms in total. The lowest BCUT2D eigenvalue weighted by Crippen LogP contribution is -2.29. The summed E-state index contributed by atoms with van der Waals surface area (Å²) in [7, 11) is 0. The van der Waals surface area contributed by atoms with Crippen LogP contribution in [0.4, 0.5) is 0 Å². The first-order chi connectivity index (χ1) is 8.45. The van der Waals surface area contributed by atoms with Gasteiger partial charge < -0.3 is 4.74 Å². The maximum Gasteiger partial charge on any atom is 0.311 e. The summed E-state index contributed by atoms with van der Waals surface area (Å²) in [6.45, 7) is 6.47. The molecule has 0 atom stereocenters. The van der Waals surface area contributed by atoms with E-state index in [1.807, 2.05) is 38.1 Å². The second kappa shape index (κ2) is 6.93. The van der Waals surface area contributed by atoms with Gasteiger partial charge in [-0.3, -0.25) is 4.79 Å². The molecule has 0 N–H and O–H groups in total. The van der Waals surface area contributed by atoms with Gasteiger partial charge in [0.2, 0.25) is 0 Å². The normalized spacial score (nSPS) is 11.3. The van der Waals surface area contributed by atoms with Crippen LogP contribution in [0, 0.1) is 5.41 Å². The summed E-state index contributed by atoms with van der Waals surface area (Å²) in [5.41, 5.74) is 0.663. The first-order valence-corrected chi connectivity index (χ1v) is 7.16. The van der Waals surface area contributed by atoms with Crippen LogP contribution in [0.25, 0.3) is 0 Å². The van der Waals surface area contributed by atoms with Crippen LogP contribution in [0.1, 0.15) is 39.2 Å². The number of halogens is 1. The number of hydrogen-bond donors (Lipinski definition) is 0. The van der Waals surface area contributed by atoms with E-state index in [2.05, 4.69) is 22.9 Å². The maximum atomic E-state index is 12.0. The van der Waals surface area contributed by atoms with Crippen molar-refractivity contribution in [1.82, 2.24) is 0 Å². The molecular weight excluding hydrogens is 292 g/mol. The monoisotopic (exact) mass is 312 g/mol. The van der Waals surface area contributed by atoms with Gasteiger partial charge in [-0.2, -0.15) is 0 Å². The number of unbranched alkanes of at least 4 members (excludes halogenated alkanes) is 1. The van der Waals surface area contributed by atoms with Gasteiger partial charge in [0, 0.05) is 4.47 Å². The Morgan fingerprint density at radius 1 is 1.39 bits per heavy atom. The molecular formula is C15H21BrO2. The maximum absolute atomic E-state index is 12.0. The number of rotatable bonds is 6. The standard InChI is InChI=1S/C15H21BrO2/c1-4-5-9-18-14(17)15(2,3)11-12-7-6-8-13(16)10-12/h6-8,10H,4-5,9,11H2,1-3H3. The molecule has 0 fully saturated rings. The van der Waals surface area contributed by atoms with Gasteiger partial charge in [-0.05, 0) is 44.4 Å². The van der Waals surface area contributed by atoms with Crippen molar-refractivity contribution < 1.29 is 9.53 Å². The lowest BCUT2D eigenvalue weighted by Gasteiger charge is -2.22. The average Bonchev–Trinajstić information content (AvgIpc) is 2.28. The molecule has 18 heavy (non-hydrogen) atoms. The highest BCUT2D eigenvalue weighted by Gasteiger charge is 2.29. The molecule has 0 heterocycles. The number of hydrogen-bond acceptors (Lipinski definition) is 2. The van der Waals surface area contributed by atoms with Crippen LogP contribution in [0.3, 0.4) is 0 Å². The molecule has 0 aliphatic carbocycles. The molecule has 0 aliphatic rings. The van der Waals surface area contributed by atoms with Crippen molar-refractivity contribution in [1.29, 1.82) is 0 Å². The number of carbonyl (C=O) groups excluding carboxylic acids is 1. The van der Waals surface area contributed by atoms with E-state index in [9.17, 15) is 4.79 Å². The third-order valence-electron chi connectivity index (χ3n) is 2.82. The number of esters is 1. The quantitative estimate of drug-likeness (QED) is 0.576. The number of benzene rings is 1. The zero-order chi connectivity index (χ0) is 13.6. The van der Waals surface area contributed by atoms with Crippen LogP contribution in [-0.2, 0) is 16.0 Å². The van der Waals surface area contributed by atoms with Crippen LogP contribution in [0.5, 0.6) is 0 Å². The van der Waals surface area contributed by atoms with Crippen LogP contribution < -0.4 is 0 Å². The largest absolute Gasteiger partial charge is 0.465 e. The third kappa shape index (κ3) is 4.81. The Balaban J connectivity index is 2.60. The van der Waals surface area contributed by atoms with Crippen LogP contribution in [-0.4, -0.2) is 12.6 Å². The second-order valence-electron chi connectivity index (χ2n) is 5.18. The van der Waals surface area contributed by atoms with E-state index in [-0.39, 0.29) is 5.97 Å². The highest BCUT2D eigenvalue weighted by Crippen LogP contribution is 2.25. The Hall–Kier alpha value is -0.830. The summed E-state index contributed by atoms with van der Waals surface area (Å²) in [5, 5.41) is 0. The van der Waals surface area contributed by atoms with Crippen LogP contribution in [0.2, 0.25) is 0 Å². The van der Waals surface area contributed by atoms with Crippen molar-refractivity contribution in [2.45, 2.75) is 40.0 Å². The fraction of sp³-hybridized carbons (Fsp3) is 0.533. The van der Waals surface area contributed by atoms with Crippen molar-refractivity contribution in [2.24, 2.45) is 5.41 Å². The zero-order valence-corrected chi connectivity index (χ0v) is 12.9. The second-order valence-corrected chi connectivity index (χ2v) is 6.10. The minimum Gasteiger partial charge on any atom is -0.465 e. The molecule has 0 spiro atoms. The van der Waals surface area contributed by atoms with E-state index >= 15 is 0 Å². The molecule has 100 valence electrons. The number of ether oxygens (including phenoxy) is 1. The van der Waals surface area contributed by atoms with Crippen molar-refractivity contribution >= 4 is 21.9 Å². The molecule has 0 amide bonds. The molecule has 0 aromatic heterocycles. The van der Waals surface area contributed by atoms with Crippen molar-refractivity contribution in [3.63, 3.8) is 0 Å². The first kappa shape index (κ1) is 15.2. The Bertz CT molecular complexity index is 399. The topological polar surface area (TPSA) is 26.3 Å². The summed E-state index contributed by atoms with van der Waals surface area (Å²) in [6.07, 6.45) is 2.66. The summed E-state index contributed by atoms with van der Waals surface area (Å²) in [6, 6.07) is 8.04. The van der Waals surface area contributed by atoms with Crippen LogP contribution in [0.15, 0.2) is 28.7 Å². The molecule has 0 radical (unpaired) electrons. The Labute approximate surface area is 118 Å². The molecule has 0 saturated heterocycles. The minimum absolute atomic E-state index is 0.115. The lowest BCUT2D eigenvalue weighted by atomic mass is 9.86.